The van der Waals surface area contributed by atoms with Crippen LogP contribution < -0.4 is 5.32 Å². The summed E-state index contributed by atoms with van der Waals surface area (Å²) in [5.41, 5.74) is 2.75. The highest BCUT2D eigenvalue weighted by Crippen LogP contribution is 2.30. The molecule has 2 heterocycles. The minimum absolute atomic E-state index is 0.236. The molecular formula is C19H23FN4. The Morgan fingerprint density at radius 1 is 1.12 bits per heavy atom. The van der Waals surface area contributed by atoms with E-state index in [2.05, 4.69) is 20.4 Å². The number of hydrogen-bond donors (Lipinski definition) is 1. The molecule has 2 aliphatic rings. The van der Waals surface area contributed by atoms with Crippen LogP contribution in [0.2, 0.25) is 0 Å². The van der Waals surface area contributed by atoms with Crippen molar-refractivity contribution in [2.24, 2.45) is 0 Å². The second kappa shape index (κ2) is 6.48. The molecule has 5 heteroatoms. The Hall–Kier alpha value is -2.01. The highest BCUT2D eigenvalue weighted by molar-refractivity contribution is 5.63. The first-order chi connectivity index (χ1) is 11.7. The molecule has 1 saturated heterocycles. The number of likely N-dealkylation sites (tertiary alicyclic amines) is 1. The largest absolute Gasteiger partial charge is 0.365 e. The van der Waals surface area contributed by atoms with Crippen molar-refractivity contribution in [3.05, 3.63) is 41.7 Å². The quantitative estimate of drug-likeness (QED) is 0.931. The van der Waals surface area contributed by atoms with Gasteiger partial charge in [-0.2, -0.15) is 0 Å². The van der Waals surface area contributed by atoms with Gasteiger partial charge in [-0.25, -0.2) is 4.39 Å². The van der Waals surface area contributed by atoms with E-state index in [9.17, 15) is 4.39 Å². The molecule has 4 nitrogen and oxygen atoms in total. The minimum Gasteiger partial charge on any atom is -0.365 e. The van der Waals surface area contributed by atoms with Crippen LogP contribution in [0.25, 0.3) is 11.3 Å². The van der Waals surface area contributed by atoms with Gasteiger partial charge in [-0.05, 0) is 75.0 Å². The van der Waals surface area contributed by atoms with Crippen LogP contribution in [0.5, 0.6) is 0 Å². The van der Waals surface area contributed by atoms with Gasteiger partial charge in [-0.3, -0.25) is 4.90 Å². The van der Waals surface area contributed by atoms with Crippen molar-refractivity contribution < 1.29 is 4.39 Å². The van der Waals surface area contributed by atoms with E-state index in [1.165, 1.54) is 44.4 Å². The molecule has 1 saturated carbocycles. The number of halogens is 1. The summed E-state index contributed by atoms with van der Waals surface area (Å²) in [6.45, 7) is 4.36. The molecule has 1 aliphatic heterocycles. The van der Waals surface area contributed by atoms with Gasteiger partial charge in [0, 0.05) is 24.2 Å². The zero-order valence-electron chi connectivity index (χ0n) is 14.0. The zero-order chi connectivity index (χ0) is 16.5. The third kappa shape index (κ3) is 3.41. The topological polar surface area (TPSA) is 41.0 Å². The SMILES string of the molecule is Cc1cc(N[C@@H]2CCCN(C3CC3)C2)nnc1-c1ccc(F)cc1. The van der Waals surface area contributed by atoms with Gasteiger partial charge in [-0.15, -0.1) is 10.2 Å². The van der Waals surface area contributed by atoms with Crippen molar-refractivity contribution in [3.8, 4) is 11.3 Å². The molecule has 126 valence electrons. The minimum atomic E-state index is -0.236. The van der Waals surface area contributed by atoms with Crippen LogP contribution in [0.3, 0.4) is 0 Å². The summed E-state index contributed by atoms with van der Waals surface area (Å²) in [6, 6.07) is 9.71. The normalized spacial score (nSPS) is 21.7. The predicted octanol–water partition coefficient (Wildman–Crippen LogP) is 3.63. The molecule has 0 unspecified atom stereocenters. The van der Waals surface area contributed by atoms with E-state index in [1.807, 2.05) is 13.0 Å². The third-order valence-corrected chi connectivity index (χ3v) is 4.97. The van der Waals surface area contributed by atoms with E-state index in [0.29, 0.717) is 6.04 Å². The fourth-order valence-corrected chi connectivity index (χ4v) is 3.55. The first kappa shape index (κ1) is 15.5. The number of benzene rings is 1. The van der Waals surface area contributed by atoms with Gasteiger partial charge in [0.15, 0.2) is 0 Å². The summed E-state index contributed by atoms with van der Waals surface area (Å²) in [5, 5.41) is 12.3. The van der Waals surface area contributed by atoms with Crippen LogP contribution in [0, 0.1) is 12.7 Å². The van der Waals surface area contributed by atoms with Crippen LogP contribution in [-0.2, 0) is 0 Å². The Balaban J connectivity index is 1.46. The Kier molecular flexibility index (Phi) is 4.19. The molecule has 4 rings (SSSR count). The molecule has 1 aromatic carbocycles. The zero-order valence-corrected chi connectivity index (χ0v) is 14.0. The molecule has 0 radical (unpaired) electrons. The number of aryl methyl sites for hydroxylation is 1. The van der Waals surface area contributed by atoms with Crippen LogP contribution in [0.1, 0.15) is 31.2 Å². The Morgan fingerprint density at radius 2 is 1.92 bits per heavy atom. The van der Waals surface area contributed by atoms with Crippen LogP contribution in [0.15, 0.2) is 30.3 Å². The summed E-state index contributed by atoms with van der Waals surface area (Å²) in [6.07, 6.45) is 5.15. The molecule has 2 fully saturated rings. The number of piperidine rings is 1. The summed E-state index contributed by atoms with van der Waals surface area (Å²) in [5.74, 6) is 0.598. The average molecular weight is 326 g/mol. The standard InChI is InChI=1S/C19H23FN4/c1-13-11-18(21-16-3-2-10-24(12-16)17-8-9-17)22-23-19(13)14-4-6-15(20)7-5-14/h4-7,11,16-17H,2-3,8-10,12H2,1H3,(H,21,22)/t16-/m1/s1. The van der Waals surface area contributed by atoms with Gasteiger partial charge in [0.1, 0.15) is 11.6 Å². The molecule has 2 aromatic rings. The van der Waals surface area contributed by atoms with Crippen molar-refractivity contribution in [1.82, 2.24) is 15.1 Å². The number of nitrogens with zero attached hydrogens (tertiary/aromatic N) is 3. The third-order valence-electron chi connectivity index (χ3n) is 4.97. The van der Waals surface area contributed by atoms with Gasteiger partial charge in [0.2, 0.25) is 0 Å². The maximum atomic E-state index is 13.1. The predicted molar refractivity (Wildman–Crippen MR) is 93.4 cm³/mol. The fraction of sp³-hybridized carbons (Fsp3) is 0.474. The van der Waals surface area contributed by atoms with E-state index in [1.54, 1.807) is 12.1 Å². The fourth-order valence-electron chi connectivity index (χ4n) is 3.55. The monoisotopic (exact) mass is 326 g/mol. The molecule has 24 heavy (non-hydrogen) atoms. The van der Waals surface area contributed by atoms with Gasteiger partial charge >= 0.3 is 0 Å². The lowest BCUT2D eigenvalue weighted by atomic mass is 10.0. The lowest BCUT2D eigenvalue weighted by Crippen LogP contribution is -2.43. The van der Waals surface area contributed by atoms with Crippen LogP contribution in [-0.4, -0.2) is 40.3 Å². The average Bonchev–Trinajstić information content (AvgIpc) is 3.41. The van der Waals surface area contributed by atoms with E-state index < -0.39 is 0 Å². The molecule has 0 spiro atoms. The van der Waals surface area contributed by atoms with Gasteiger partial charge in [-0.1, -0.05) is 0 Å². The molecule has 1 atom stereocenters. The summed E-state index contributed by atoms with van der Waals surface area (Å²) < 4.78 is 13.1. The molecule has 1 aliphatic carbocycles. The molecular weight excluding hydrogens is 303 g/mol. The molecule has 0 bridgehead atoms. The van der Waals surface area contributed by atoms with E-state index in [0.717, 1.165) is 35.2 Å². The Labute approximate surface area is 142 Å². The Morgan fingerprint density at radius 3 is 2.62 bits per heavy atom. The van der Waals surface area contributed by atoms with Crippen molar-refractivity contribution in [3.63, 3.8) is 0 Å². The molecule has 1 N–H and O–H groups in total. The van der Waals surface area contributed by atoms with Crippen LogP contribution >= 0.6 is 0 Å². The van der Waals surface area contributed by atoms with Gasteiger partial charge in [0.05, 0.1) is 5.69 Å². The van der Waals surface area contributed by atoms with E-state index in [-0.39, 0.29) is 5.82 Å². The lowest BCUT2D eigenvalue weighted by molar-refractivity contribution is 0.207. The smallest absolute Gasteiger partial charge is 0.149 e. The van der Waals surface area contributed by atoms with E-state index in [4.69, 9.17) is 0 Å². The first-order valence-electron chi connectivity index (χ1n) is 8.80. The summed E-state index contributed by atoms with van der Waals surface area (Å²) in [4.78, 5) is 2.61. The van der Waals surface area contributed by atoms with E-state index >= 15 is 0 Å². The first-order valence-corrected chi connectivity index (χ1v) is 8.80. The van der Waals surface area contributed by atoms with Crippen molar-refractivity contribution in [1.29, 1.82) is 0 Å². The molecule has 0 amide bonds. The summed E-state index contributed by atoms with van der Waals surface area (Å²) in [7, 11) is 0. The second-order valence-corrected chi connectivity index (χ2v) is 6.98. The van der Waals surface area contributed by atoms with Crippen molar-refractivity contribution in [2.75, 3.05) is 18.4 Å². The Bertz CT molecular complexity index is 712. The number of aromatic nitrogens is 2. The van der Waals surface area contributed by atoms with Gasteiger partial charge < -0.3 is 5.32 Å². The highest BCUT2D eigenvalue weighted by atomic mass is 19.1. The van der Waals surface area contributed by atoms with Crippen LogP contribution in [0.4, 0.5) is 10.2 Å². The number of anilines is 1. The number of nitrogens with one attached hydrogen (secondary N) is 1. The summed E-state index contributed by atoms with van der Waals surface area (Å²) >= 11 is 0. The highest BCUT2D eigenvalue weighted by Gasteiger charge is 2.32. The maximum absolute atomic E-state index is 13.1. The molecule has 1 aromatic heterocycles. The number of rotatable bonds is 4. The van der Waals surface area contributed by atoms with Gasteiger partial charge in [0.25, 0.3) is 0 Å². The second-order valence-electron chi connectivity index (χ2n) is 6.98. The van der Waals surface area contributed by atoms with Crippen molar-refractivity contribution in [2.45, 2.75) is 44.7 Å². The maximum Gasteiger partial charge on any atom is 0.149 e. The van der Waals surface area contributed by atoms with Crippen molar-refractivity contribution >= 4 is 5.82 Å². The number of hydrogen-bond acceptors (Lipinski definition) is 4. The lowest BCUT2D eigenvalue weighted by Gasteiger charge is -2.33.